The number of amides is 1. The van der Waals surface area contributed by atoms with E-state index in [2.05, 4.69) is 10.5 Å². The number of nitrogens with one attached hydrogen (secondary N) is 1. The predicted octanol–water partition coefficient (Wildman–Crippen LogP) is 3.81. The van der Waals surface area contributed by atoms with Crippen LogP contribution >= 0.6 is 0 Å². The standard InChI is InChI=1S/C25H31N3O5S/c1-17-11-18(2)25(19(3)12-17)34(30,31)28(21-7-5-4-6-8-21)15-24(29)27-26-14-20-9-10-22-23(13-20)33-16-32-22/h9-14,21H,4-8,15-16H2,1-3H3,(H,27,29). The molecule has 0 spiro atoms. The Balaban J connectivity index is 1.52. The summed E-state index contributed by atoms with van der Waals surface area (Å²) in [6.45, 7) is 5.46. The maximum atomic E-state index is 13.8. The van der Waals surface area contributed by atoms with Gasteiger partial charge in [-0.3, -0.25) is 4.79 Å². The van der Waals surface area contributed by atoms with Crippen LogP contribution in [-0.2, 0) is 14.8 Å². The summed E-state index contributed by atoms with van der Waals surface area (Å²) in [5.74, 6) is 0.804. The quantitative estimate of drug-likeness (QED) is 0.475. The van der Waals surface area contributed by atoms with Crippen LogP contribution in [0.15, 0.2) is 40.3 Å². The van der Waals surface area contributed by atoms with Crippen LogP contribution in [-0.4, -0.2) is 44.2 Å². The van der Waals surface area contributed by atoms with Gasteiger partial charge in [0, 0.05) is 6.04 Å². The van der Waals surface area contributed by atoms with E-state index in [1.165, 1.54) is 10.5 Å². The Morgan fingerprint density at radius 1 is 1.06 bits per heavy atom. The fourth-order valence-electron chi connectivity index (χ4n) is 4.82. The number of fused-ring (bicyclic) bond motifs is 1. The van der Waals surface area contributed by atoms with E-state index in [1.54, 1.807) is 18.2 Å². The van der Waals surface area contributed by atoms with Crippen molar-refractivity contribution < 1.29 is 22.7 Å². The van der Waals surface area contributed by atoms with Gasteiger partial charge in [0.1, 0.15) is 0 Å². The largest absolute Gasteiger partial charge is 0.454 e. The van der Waals surface area contributed by atoms with Crippen molar-refractivity contribution in [1.82, 2.24) is 9.73 Å². The van der Waals surface area contributed by atoms with Crippen LogP contribution in [0.3, 0.4) is 0 Å². The molecule has 1 aliphatic carbocycles. The molecule has 0 radical (unpaired) electrons. The summed E-state index contributed by atoms with van der Waals surface area (Å²) in [7, 11) is -3.87. The summed E-state index contributed by atoms with van der Waals surface area (Å²) in [5, 5.41) is 4.02. The summed E-state index contributed by atoms with van der Waals surface area (Å²) in [5.41, 5.74) is 5.61. The molecule has 2 aromatic rings. The number of carbonyl (C=O) groups is 1. The first kappa shape index (κ1) is 24.2. The van der Waals surface area contributed by atoms with Crippen molar-refractivity contribution in [2.24, 2.45) is 5.10 Å². The van der Waals surface area contributed by atoms with E-state index in [4.69, 9.17) is 9.47 Å². The third-order valence-electron chi connectivity index (χ3n) is 6.25. The molecule has 1 heterocycles. The molecule has 0 aromatic heterocycles. The Morgan fingerprint density at radius 3 is 2.44 bits per heavy atom. The third-order valence-corrected chi connectivity index (χ3v) is 8.46. The van der Waals surface area contributed by atoms with E-state index < -0.39 is 15.9 Å². The highest BCUT2D eigenvalue weighted by Gasteiger charge is 2.35. The number of aryl methyl sites for hydroxylation is 3. The van der Waals surface area contributed by atoms with Gasteiger partial charge in [0.2, 0.25) is 16.8 Å². The first-order valence-corrected chi connectivity index (χ1v) is 13.0. The number of hydrazone groups is 1. The molecule has 2 aromatic carbocycles. The average Bonchev–Trinajstić information content (AvgIpc) is 3.25. The molecule has 1 saturated carbocycles. The zero-order valence-corrected chi connectivity index (χ0v) is 20.7. The zero-order chi connectivity index (χ0) is 24.3. The lowest BCUT2D eigenvalue weighted by Gasteiger charge is -2.33. The van der Waals surface area contributed by atoms with Crippen LogP contribution in [0.2, 0.25) is 0 Å². The van der Waals surface area contributed by atoms with E-state index in [9.17, 15) is 13.2 Å². The van der Waals surface area contributed by atoms with Crippen LogP contribution in [0.4, 0.5) is 0 Å². The first-order chi connectivity index (χ1) is 16.3. The van der Waals surface area contributed by atoms with Gasteiger partial charge in [-0.2, -0.15) is 9.41 Å². The van der Waals surface area contributed by atoms with Gasteiger partial charge in [0.25, 0.3) is 5.91 Å². The van der Waals surface area contributed by atoms with Crippen LogP contribution < -0.4 is 14.9 Å². The van der Waals surface area contributed by atoms with Gasteiger partial charge in [0.15, 0.2) is 11.5 Å². The number of nitrogens with zero attached hydrogens (tertiary/aromatic N) is 2. The summed E-state index contributed by atoms with van der Waals surface area (Å²) < 4.78 is 39.6. The van der Waals surface area contributed by atoms with E-state index in [0.29, 0.717) is 27.5 Å². The summed E-state index contributed by atoms with van der Waals surface area (Å²) in [6.07, 6.45) is 5.97. The smallest absolute Gasteiger partial charge is 0.255 e. The van der Waals surface area contributed by atoms with Crippen LogP contribution in [0.5, 0.6) is 11.5 Å². The SMILES string of the molecule is Cc1cc(C)c(S(=O)(=O)N(CC(=O)NN=Cc2ccc3c(c2)OCO3)C2CCCCC2)c(C)c1. The van der Waals surface area contributed by atoms with Crippen LogP contribution in [0.25, 0.3) is 0 Å². The van der Waals surface area contributed by atoms with Crippen molar-refractivity contribution >= 4 is 22.1 Å². The highest BCUT2D eigenvalue weighted by molar-refractivity contribution is 7.89. The number of benzene rings is 2. The highest BCUT2D eigenvalue weighted by atomic mass is 32.2. The number of hydrogen-bond donors (Lipinski definition) is 1. The molecule has 1 N–H and O–H groups in total. The zero-order valence-electron chi connectivity index (χ0n) is 19.8. The lowest BCUT2D eigenvalue weighted by molar-refractivity contribution is -0.121. The number of carbonyl (C=O) groups excluding carboxylic acids is 1. The number of sulfonamides is 1. The van der Waals surface area contributed by atoms with E-state index in [1.807, 2.05) is 32.9 Å². The molecule has 8 nitrogen and oxygen atoms in total. The second kappa shape index (κ2) is 10.1. The molecule has 0 bridgehead atoms. The molecular weight excluding hydrogens is 454 g/mol. The van der Waals surface area contributed by atoms with Crippen molar-refractivity contribution in [3.63, 3.8) is 0 Å². The predicted molar refractivity (Wildman–Crippen MR) is 130 cm³/mol. The molecule has 0 saturated heterocycles. The number of rotatable bonds is 7. The minimum atomic E-state index is -3.87. The Hall–Kier alpha value is -2.91. The molecule has 0 atom stereocenters. The van der Waals surface area contributed by atoms with Crippen molar-refractivity contribution in [3.05, 3.63) is 52.6 Å². The molecule has 1 amide bonds. The van der Waals surface area contributed by atoms with Crippen LogP contribution in [0, 0.1) is 20.8 Å². The maximum Gasteiger partial charge on any atom is 0.255 e. The maximum absolute atomic E-state index is 13.8. The Kier molecular flexibility index (Phi) is 7.23. The monoisotopic (exact) mass is 485 g/mol. The van der Waals surface area contributed by atoms with Gasteiger partial charge in [-0.1, -0.05) is 37.0 Å². The third kappa shape index (κ3) is 5.26. The van der Waals surface area contributed by atoms with Crippen LogP contribution in [0.1, 0.15) is 54.4 Å². The molecular formula is C25H31N3O5S. The van der Waals surface area contributed by atoms with Crippen molar-refractivity contribution in [2.75, 3.05) is 13.3 Å². The molecule has 4 rings (SSSR count). The first-order valence-electron chi connectivity index (χ1n) is 11.6. The molecule has 182 valence electrons. The van der Waals surface area contributed by atoms with E-state index in [0.717, 1.165) is 43.2 Å². The normalized spacial score (nSPS) is 16.4. The molecule has 2 aliphatic rings. The molecule has 0 unspecified atom stereocenters. The summed E-state index contributed by atoms with van der Waals surface area (Å²) >= 11 is 0. The fraction of sp³-hybridized carbons (Fsp3) is 0.440. The van der Waals surface area contributed by atoms with Gasteiger partial charge in [-0.25, -0.2) is 13.8 Å². The summed E-state index contributed by atoms with van der Waals surface area (Å²) in [6, 6.07) is 8.87. The van der Waals surface area contributed by atoms with Gasteiger partial charge < -0.3 is 9.47 Å². The Bertz CT molecular complexity index is 1180. The van der Waals surface area contributed by atoms with E-state index >= 15 is 0 Å². The van der Waals surface area contributed by atoms with Crippen molar-refractivity contribution in [3.8, 4) is 11.5 Å². The number of ether oxygens (including phenoxy) is 2. The lowest BCUT2D eigenvalue weighted by Crippen LogP contribution is -2.46. The highest BCUT2D eigenvalue weighted by Crippen LogP contribution is 2.32. The summed E-state index contributed by atoms with van der Waals surface area (Å²) in [4.78, 5) is 13.1. The van der Waals surface area contributed by atoms with Gasteiger partial charge >= 0.3 is 0 Å². The van der Waals surface area contributed by atoms with Crippen molar-refractivity contribution in [1.29, 1.82) is 0 Å². The van der Waals surface area contributed by atoms with Gasteiger partial charge in [0.05, 0.1) is 17.7 Å². The topological polar surface area (TPSA) is 97.3 Å². The van der Waals surface area contributed by atoms with Gasteiger partial charge in [-0.15, -0.1) is 0 Å². The Morgan fingerprint density at radius 2 is 1.74 bits per heavy atom. The average molecular weight is 486 g/mol. The lowest BCUT2D eigenvalue weighted by atomic mass is 9.95. The molecule has 34 heavy (non-hydrogen) atoms. The van der Waals surface area contributed by atoms with Crippen molar-refractivity contribution in [2.45, 2.75) is 63.8 Å². The second-order valence-corrected chi connectivity index (χ2v) is 10.8. The van der Waals surface area contributed by atoms with Gasteiger partial charge in [-0.05, 0) is 68.5 Å². The molecule has 9 heteroatoms. The number of hydrogen-bond acceptors (Lipinski definition) is 6. The fourth-order valence-corrected chi connectivity index (χ4v) is 6.88. The minimum Gasteiger partial charge on any atom is -0.454 e. The Labute approximate surface area is 201 Å². The molecule has 1 fully saturated rings. The second-order valence-electron chi connectivity index (χ2n) is 8.98. The van der Waals surface area contributed by atoms with E-state index in [-0.39, 0.29) is 19.4 Å². The minimum absolute atomic E-state index is 0.179. The molecule has 1 aliphatic heterocycles.